The Hall–Kier alpha value is -0.870. The Morgan fingerprint density at radius 3 is 2.88 bits per heavy atom. The van der Waals surface area contributed by atoms with Gasteiger partial charge in [-0.1, -0.05) is 18.5 Å². The summed E-state index contributed by atoms with van der Waals surface area (Å²) in [6, 6.07) is 1.74. The van der Waals surface area contributed by atoms with Gasteiger partial charge in [0.2, 0.25) is 0 Å². The van der Waals surface area contributed by atoms with Crippen molar-refractivity contribution in [1.29, 1.82) is 0 Å². The smallest absolute Gasteiger partial charge is 0.158 e. The molecule has 0 saturated heterocycles. The van der Waals surface area contributed by atoms with E-state index in [0.29, 0.717) is 23.0 Å². The second-order valence-corrected chi connectivity index (χ2v) is 4.98. The van der Waals surface area contributed by atoms with Crippen LogP contribution in [0.15, 0.2) is 6.07 Å². The van der Waals surface area contributed by atoms with Crippen molar-refractivity contribution < 1.29 is 4.74 Å². The molecule has 4 nitrogen and oxygen atoms in total. The van der Waals surface area contributed by atoms with Gasteiger partial charge in [-0.2, -0.15) is 0 Å². The van der Waals surface area contributed by atoms with Crippen molar-refractivity contribution in [3.63, 3.8) is 0 Å². The van der Waals surface area contributed by atoms with Gasteiger partial charge in [0.1, 0.15) is 17.6 Å². The minimum Gasteiger partial charge on any atom is -0.377 e. The van der Waals surface area contributed by atoms with Crippen molar-refractivity contribution >= 4 is 17.4 Å². The first-order valence-corrected chi connectivity index (χ1v) is 5.75. The molecule has 1 fully saturated rings. The number of rotatable bonds is 5. The van der Waals surface area contributed by atoms with Crippen molar-refractivity contribution in [1.82, 2.24) is 9.97 Å². The van der Waals surface area contributed by atoms with E-state index >= 15 is 0 Å². The van der Waals surface area contributed by atoms with E-state index in [1.54, 1.807) is 13.2 Å². The average molecular weight is 242 g/mol. The molecule has 0 atom stereocenters. The SMILES string of the molecule is COCc1nc(Cl)cc(NCC2(C)CC2)n1. The Balaban J connectivity index is 2.01. The first kappa shape index (κ1) is 11.6. The van der Waals surface area contributed by atoms with Crippen LogP contribution in [0.5, 0.6) is 0 Å². The summed E-state index contributed by atoms with van der Waals surface area (Å²) >= 11 is 5.90. The maximum absolute atomic E-state index is 5.90. The van der Waals surface area contributed by atoms with Crippen LogP contribution in [0, 0.1) is 5.41 Å². The quantitative estimate of drug-likeness (QED) is 0.805. The molecular formula is C11H16ClN3O. The van der Waals surface area contributed by atoms with Gasteiger partial charge in [-0.15, -0.1) is 0 Å². The van der Waals surface area contributed by atoms with Gasteiger partial charge in [-0.25, -0.2) is 9.97 Å². The van der Waals surface area contributed by atoms with Crippen LogP contribution in [-0.4, -0.2) is 23.6 Å². The molecule has 0 aromatic carbocycles. The lowest BCUT2D eigenvalue weighted by Gasteiger charge is -2.11. The zero-order valence-electron chi connectivity index (χ0n) is 9.59. The molecule has 0 aliphatic heterocycles. The highest BCUT2D eigenvalue weighted by Gasteiger charge is 2.36. The molecule has 1 aromatic rings. The number of nitrogens with zero attached hydrogens (tertiary/aromatic N) is 2. The third kappa shape index (κ3) is 3.06. The third-order valence-corrected chi connectivity index (χ3v) is 3.01. The van der Waals surface area contributed by atoms with E-state index < -0.39 is 0 Å². The lowest BCUT2D eigenvalue weighted by molar-refractivity contribution is 0.178. The highest BCUT2D eigenvalue weighted by atomic mass is 35.5. The predicted molar refractivity (Wildman–Crippen MR) is 63.6 cm³/mol. The molecule has 1 aromatic heterocycles. The summed E-state index contributed by atoms with van der Waals surface area (Å²) in [7, 11) is 1.61. The number of nitrogens with one attached hydrogen (secondary N) is 1. The fourth-order valence-electron chi connectivity index (χ4n) is 1.44. The Morgan fingerprint density at radius 1 is 1.50 bits per heavy atom. The predicted octanol–water partition coefficient (Wildman–Crippen LogP) is 2.49. The summed E-state index contributed by atoms with van der Waals surface area (Å²) in [6.07, 6.45) is 2.56. The molecule has 1 aliphatic rings. The van der Waals surface area contributed by atoms with Gasteiger partial charge >= 0.3 is 0 Å². The van der Waals surface area contributed by atoms with E-state index in [0.717, 1.165) is 12.4 Å². The average Bonchev–Trinajstić information content (AvgIpc) is 2.94. The first-order valence-electron chi connectivity index (χ1n) is 5.38. The van der Waals surface area contributed by atoms with Gasteiger partial charge in [-0.3, -0.25) is 0 Å². The Morgan fingerprint density at radius 2 is 2.25 bits per heavy atom. The number of methoxy groups -OCH3 is 1. The molecule has 1 saturated carbocycles. The maximum Gasteiger partial charge on any atom is 0.158 e. The van der Waals surface area contributed by atoms with E-state index in [-0.39, 0.29) is 0 Å². The summed E-state index contributed by atoms with van der Waals surface area (Å²) in [5.41, 5.74) is 0.443. The minimum absolute atomic E-state index is 0.381. The van der Waals surface area contributed by atoms with Crippen molar-refractivity contribution in [2.24, 2.45) is 5.41 Å². The molecule has 16 heavy (non-hydrogen) atoms. The van der Waals surface area contributed by atoms with E-state index in [1.807, 2.05) is 0 Å². The Kier molecular flexibility index (Phi) is 3.30. The molecule has 0 spiro atoms. The topological polar surface area (TPSA) is 47.0 Å². The Labute approximate surface area is 100 Å². The van der Waals surface area contributed by atoms with Crippen LogP contribution in [0.4, 0.5) is 5.82 Å². The molecule has 88 valence electrons. The van der Waals surface area contributed by atoms with Gasteiger partial charge in [0.05, 0.1) is 0 Å². The standard InChI is InChI=1S/C11H16ClN3O/c1-11(3-4-11)7-13-9-5-8(12)14-10(15-9)6-16-2/h5H,3-4,6-7H2,1-2H3,(H,13,14,15). The first-order chi connectivity index (χ1) is 7.61. The second-order valence-electron chi connectivity index (χ2n) is 4.59. The van der Waals surface area contributed by atoms with Crippen LogP contribution in [0.25, 0.3) is 0 Å². The summed E-state index contributed by atoms with van der Waals surface area (Å²) in [4.78, 5) is 8.40. The number of hydrogen-bond donors (Lipinski definition) is 1. The molecular weight excluding hydrogens is 226 g/mol. The normalized spacial score (nSPS) is 17.2. The molecule has 0 radical (unpaired) electrons. The van der Waals surface area contributed by atoms with E-state index in [2.05, 4.69) is 22.2 Å². The highest BCUT2D eigenvalue weighted by Crippen LogP contribution is 2.44. The van der Waals surface area contributed by atoms with Crippen LogP contribution >= 0.6 is 11.6 Å². The second kappa shape index (κ2) is 4.55. The summed E-state index contributed by atoms with van der Waals surface area (Å²) in [5.74, 6) is 1.39. The maximum atomic E-state index is 5.90. The van der Waals surface area contributed by atoms with Crippen LogP contribution in [0.3, 0.4) is 0 Å². The molecule has 1 aliphatic carbocycles. The molecule has 2 rings (SSSR count). The number of hydrogen-bond acceptors (Lipinski definition) is 4. The molecule has 0 bridgehead atoms. The van der Waals surface area contributed by atoms with Gasteiger partial charge < -0.3 is 10.1 Å². The van der Waals surface area contributed by atoms with Crippen molar-refractivity contribution in [3.05, 3.63) is 17.0 Å². The van der Waals surface area contributed by atoms with Gasteiger partial charge in [0.15, 0.2) is 5.82 Å². The van der Waals surface area contributed by atoms with Crippen molar-refractivity contribution in [2.45, 2.75) is 26.4 Å². The summed E-state index contributed by atoms with van der Waals surface area (Å²) in [6.45, 7) is 3.58. The Bertz CT molecular complexity index is 379. The number of anilines is 1. The van der Waals surface area contributed by atoms with Crippen LogP contribution in [-0.2, 0) is 11.3 Å². The summed E-state index contributed by atoms with van der Waals surface area (Å²) in [5, 5.41) is 3.75. The zero-order chi connectivity index (χ0) is 11.6. The van der Waals surface area contributed by atoms with Crippen LogP contribution in [0.2, 0.25) is 5.15 Å². The molecule has 0 unspecified atom stereocenters. The molecule has 5 heteroatoms. The molecule has 1 heterocycles. The largest absolute Gasteiger partial charge is 0.377 e. The molecule has 0 amide bonds. The fraction of sp³-hybridized carbons (Fsp3) is 0.636. The monoisotopic (exact) mass is 241 g/mol. The third-order valence-electron chi connectivity index (χ3n) is 2.81. The van der Waals surface area contributed by atoms with Gasteiger partial charge in [0, 0.05) is 19.7 Å². The molecule has 1 N–H and O–H groups in total. The van der Waals surface area contributed by atoms with E-state index in [1.165, 1.54) is 12.8 Å². The lowest BCUT2D eigenvalue weighted by Crippen LogP contribution is -2.13. The minimum atomic E-state index is 0.381. The highest BCUT2D eigenvalue weighted by molar-refractivity contribution is 6.29. The van der Waals surface area contributed by atoms with Crippen molar-refractivity contribution in [2.75, 3.05) is 19.0 Å². The van der Waals surface area contributed by atoms with Crippen LogP contribution in [0.1, 0.15) is 25.6 Å². The van der Waals surface area contributed by atoms with E-state index in [4.69, 9.17) is 16.3 Å². The zero-order valence-corrected chi connectivity index (χ0v) is 10.3. The van der Waals surface area contributed by atoms with E-state index in [9.17, 15) is 0 Å². The fourth-order valence-corrected chi connectivity index (χ4v) is 1.64. The van der Waals surface area contributed by atoms with Gasteiger partial charge in [-0.05, 0) is 18.3 Å². The number of halogens is 1. The number of aromatic nitrogens is 2. The summed E-state index contributed by atoms with van der Waals surface area (Å²) < 4.78 is 4.98. The van der Waals surface area contributed by atoms with Gasteiger partial charge in [0.25, 0.3) is 0 Å². The number of ether oxygens (including phenoxy) is 1. The van der Waals surface area contributed by atoms with Crippen molar-refractivity contribution in [3.8, 4) is 0 Å². The lowest BCUT2D eigenvalue weighted by atomic mass is 10.1. The van der Waals surface area contributed by atoms with Crippen LogP contribution < -0.4 is 5.32 Å².